The molecule has 1 aromatic rings. The van der Waals surface area contributed by atoms with Crippen molar-refractivity contribution in [2.75, 3.05) is 17.2 Å². The minimum atomic E-state index is -3.59. The Morgan fingerprint density at radius 1 is 1.56 bits per heavy atom. The Kier molecular flexibility index (Phi) is 3.93. The van der Waals surface area contributed by atoms with E-state index in [9.17, 15) is 13.2 Å². The molecule has 2 rings (SSSR count). The van der Waals surface area contributed by atoms with Crippen LogP contribution in [-0.4, -0.2) is 31.6 Å². The Bertz CT molecular complexity index is 578. The lowest BCUT2D eigenvalue weighted by atomic mass is 10.1. The Labute approximate surface area is 118 Å². The molecule has 2 heterocycles. The Morgan fingerprint density at radius 3 is 2.89 bits per heavy atom. The Morgan fingerprint density at radius 2 is 2.28 bits per heavy atom. The van der Waals surface area contributed by atoms with Crippen molar-refractivity contribution in [1.29, 1.82) is 0 Å². The third-order valence-corrected chi connectivity index (χ3v) is 4.50. The predicted molar refractivity (Wildman–Crippen MR) is 72.0 cm³/mol. The average Bonchev–Trinajstić information content (AvgIpc) is 2.57. The summed E-state index contributed by atoms with van der Waals surface area (Å²) in [6.07, 6.45) is 1.76. The van der Waals surface area contributed by atoms with Gasteiger partial charge in [-0.1, -0.05) is 0 Å². The first-order valence-corrected chi connectivity index (χ1v) is 8.47. The van der Waals surface area contributed by atoms with Gasteiger partial charge in [-0.25, -0.2) is 13.4 Å². The summed E-state index contributed by atoms with van der Waals surface area (Å²) >= 11 is 3.31. The molecule has 18 heavy (non-hydrogen) atoms. The summed E-state index contributed by atoms with van der Waals surface area (Å²) in [7, 11) is 1.62. The smallest absolute Gasteiger partial charge is 0.232 e. The van der Waals surface area contributed by atoms with Crippen LogP contribution in [0, 0.1) is 5.92 Å². The number of anilines is 1. The lowest BCUT2D eigenvalue weighted by Crippen LogP contribution is -2.26. The molecule has 0 N–H and O–H groups in total. The molecule has 5 nitrogen and oxygen atoms in total. The summed E-state index contributed by atoms with van der Waals surface area (Å²) in [5, 5.41) is 0. The maximum absolute atomic E-state index is 11.9. The largest absolute Gasteiger partial charge is 0.296 e. The quantitative estimate of drug-likeness (QED) is 0.777. The first-order valence-electron chi connectivity index (χ1n) is 5.20. The van der Waals surface area contributed by atoms with E-state index >= 15 is 0 Å². The van der Waals surface area contributed by atoms with E-state index < -0.39 is 9.05 Å². The molecule has 8 heteroatoms. The molecule has 0 saturated carbocycles. The van der Waals surface area contributed by atoms with Crippen LogP contribution in [-0.2, 0) is 13.8 Å². The minimum absolute atomic E-state index is 0.139. The van der Waals surface area contributed by atoms with Crippen molar-refractivity contribution in [2.45, 2.75) is 6.42 Å². The van der Waals surface area contributed by atoms with Crippen LogP contribution in [0.25, 0.3) is 0 Å². The summed E-state index contributed by atoms with van der Waals surface area (Å²) in [6.45, 7) is 0.320. The van der Waals surface area contributed by atoms with Gasteiger partial charge >= 0.3 is 0 Å². The molecule has 1 aliphatic heterocycles. The van der Waals surface area contributed by atoms with Gasteiger partial charge in [-0.05, 0) is 28.1 Å². The van der Waals surface area contributed by atoms with Crippen molar-refractivity contribution in [3.05, 3.63) is 22.8 Å². The highest BCUT2D eigenvalue weighted by molar-refractivity contribution is 9.10. The minimum Gasteiger partial charge on any atom is -0.296 e. The van der Waals surface area contributed by atoms with Crippen LogP contribution in [0.2, 0.25) is 0 Å². The molecule has 1 fully saturated rings. The van der Waals surface area contributed by atoms with Crippen molar-refractivity contribution >= 4 is 47.4 Å². The zero-order valence-corrected chi connectivity index (χ0v) is 12.4. The van der Waals surface area contributed by atoms with Crippen molar-refractivity contribution in [3.63, 3.8) is 0 Å². The van der Waals surface area contributed by atoms with Gasteiger partial charge in [0.05, 0.1) is 10.2 Å². The molecule has 1 amide bonds. The summed E-state index contributed by atoms with van der Waals surface area (Å²) in [4.78, 5) is 17.5. The van der Waals surface area contributed by atoms with E-state index in [0.717, 1.165) is 0 Å². The normalized spacial score (nSPS) is 20.4. The van der Waals surface area contributed by atoms with Crippen molar-refractivity contribution in [2.24, 2.45) is 5.92 Å². The molecule has 0 bridgehead atoms. The van der Waals surface area contributed by atoms with Gasteiger partial charge in [0.2, 0.25) is 15.0 Å². The molecule has 1 aliphatic rings. The number of pyridine rings is 1. The fourth-order valence-corrected chi connectivity index (χ4v) is 3.75. The van der Waals surface area contributed by atoms with E-state index in [0.29, 0.717) is 16.8 Å². The van der Waals surface area contributed by atoms with Gasteiger partial charge in [-0.2, -0.15) is 0 Å². The molecule has 0 spiro atoms. The van der Waals surface area contributed by atoms with E-state index in [1.54, 1.807) is 18.3 Å². The van der Waals surface area contributed by atoms with Crippen LogP contribution in [0.4, 0.5) is 5.82 Å². The predicted octanol–water partition coefficient (Wildman–Crippen LogP) is 1.77. The molecule has 1 saturated heterocycles. The number of carbonyl (C=O) groups excluding carboxylic acids is 1. The lowest BCUT2D eigenvalue weighted by Gasteiger charge is -2.16. The van der Waals surface area contributed by atoms with Crippen LogP contribution in [0.15, 0.2) is 22.8 Å². The summed E-state index contributed by atoms with van der Waals surface area (Å²) < 4.78 is 22.7. The van der Waals surface area contributed by atoms with Crippen LogP contribution in [0.3, 0.4) is 0 Å². The van der Waals surface area contributed by atoms with E-state index in [2.05, 4.69) is 20.9 Å². The van der Waals surface area contributed by atoms with Crippen LogP contribution >= 0.6 is 26.6 Å². The molecular weight excluding hydrogens is 344 g/mol. The van der Waals surface area contributed by atoms with Crippen molar-refractivity contribution < 1.29 is 13.2 Å². The molecule has 0 aliphatic carbocycles. The van der Waals surface area contributed by atoms with E-state index in [-0.39, 0.29) is 24.0 Å². The number of rotatable bonds is 3. The lowest BCUT2D eigenvalue weighted by molar-refractivity contribution is -0.117. The molecule has 1 atom stereocenters. The second-order valence-corrected chi connectivity index (χ2v) is 7.76. The fraction of sp³-hybridized carbons (Fsp3) is 0.400. The third kappa shape index (κ3) is 3.21. The highest BCUT2D eigenvalue weighted by Crippen LogP contribution is 2.30. The summed E-state index contributed by atoms with van der Waals surface area (Å²) in [6, 6.07) is 3.52. The zero-order chi connectivity index (χ0) is 13.3. The van der Waals surface area contributed by atoms with Gasteiger partial charge in [0.1, 0.15) is 5.82 Å². The van der Waals surface area contributed by atoms with Gasteiger partial charge in [-0.15, -0.1) is 0 Å². The maximum atomic E-state index is 11.9. The monoisotopic (exact) mass is 352 g/mol. The van der Waals surface area contributed by atoms with Crippen LogP contribution in [0.5, 0.6) is 0 Å². The first kappa shape index (κ1) is 13.8. The topological polar surface area (TPSA) is 67.3 Å². The number of carbonyl (C=O) groups is 1. The van der Waals surface area contributed by atoms with Crippen LogP contribution in [0.1, 0.15) is 6.42 Å². The van der Waals surface area contributed by atoms with Crippen molar-refractivity contribution in [1.82, 2.24) is 4.98 Å². The highest BCUT2D eigenvalue weighted by atomic mass is 79.9. The van der Waals surface area contributed by atoms with Gasteiger partial charge in [0.15, 0.2) is 0 Å². The number of aromatic nitrogens is 1. The standard InChI is InChI=1S/C10H10BrClN2O3S/c11-8-2-1-3-13-10(8)14-5-7(4-9(14)15)6-18(12,16)17/h1-3,7H,4-6H2. The molecule has 0 aromatic carbocycles. The molecule has 1 aromatic heterocycles. The number of hydrogen-bond donors (Lipinski definition) is 0. The fourth-order valence-electron chi connectivity index (χ4n) is 1.96. The molecule has 98 valence electrons. The van der Waals surface area contributed by atoms with Crippen molar-refractivity contribution in [3.8, 4) is 0 Å². The van der Waals surface area contributed by atoms with Gasteiger partial charge < -0.3 is 0 Å². The second kappa shape index (κ2) is 5.14. The number of halogens is 2. The van der Waals surface area contributed by atoms with Gasteiger partial charge in [0.25, 0.3) is 0 Å². The third-order valence-electron chi connectivity index (χ3n) is 2.63. The zero-order valence-electron chi connectivity index (χ0n) is 9.21. The van der Waals surface area contributed by atoms with Gasteiger partial charge in [-0.3, -0.25) is 9.69 Å². The van der Waals surface area contributed by atoms with E-state index in [1.807, 2.05) is 0 Å². The van der Waals surface area contributed by atoms with Gasteiger partial charge in [0, 0.05) is 35.8 Å². The molecule has 0 radical (unpaired) electrons. The summed E-state index contributed by atoms with van der Waals surface area (Å²) in [5.41, 5.74) is 0. The number of hydrogen-bond acceptors (Lipinski definition) is 4. The Hall–Kier alpha value is -0.660. The Balaban J connectivity index is 2.18. The van der Waals surface area contributed by atoms with E-state index in [1.165, 1.54) is 4.90 Å². The maximum Gasteiger partial charge on any atom is 0.232 e. The SMILES string of the molecule is O=C1CC(CS(=O)(=O)Cl)CN1c1ncccc1Br. The number of nitrogens with zero attached hydrogens (tertiary/aromatic N) is 2. The molecule has 1 unspecified atom stereocenters. The number of amides is 1. The van der Waals surface area contributed by atoms with E-state index in [4.69, 9.17) is 10.7 Å². The molecular formula is C10H10BrClN2O3S. The first-order chi connectivity index (χ1) is 8.37. The highest BCUT2D eigenvalue weighted by Gasteiger charge is 2.34. The second-order valence-electron chi connectivity index (χ2n) is 4.09. The average molecular weight is 354 g/mol. The van der Waals surface area contributed by atoms with Crippen LogP contribution < -0.4 is 4.90 Å². The summed E-state index contributed by atoms with van der Waals surface area (Å²) in [5.74, 6) is -0.105.